The third-order valence-electron chi connectivity index (χ3n) is 3.19. The molecule has 1 aromatic carbocycles. The van der Waals surface area contributed by atoms with Crippen LogP contribution in [0.2, 0.25) is 0 Å². The molecular weight excluding hydrogens is 208 g/mol. The number of hydrogen-bond acceptors (Lipinski definition) is 2. The number of aryl methyl sites for hydroxylation is 2. The van der Waals surface area contributed by atoms with Crippen LogP contribution in [0.25, 0.3) is 0 Å². The van der Waals surface area contributed by atoms with Gasteiger partial charge < -0.3 is 0 Å². The third-order valence-corrected chi connectivity index (χ3v) is 3.19. The van der Waals surface area contributed by atoms with Crippen molar-refractivity contribution < 1.29 is 0 Å². The molecule has 0 radical (unpaired) electrons. The zero-order chi connectivity index (χ0) is 12.7. The molecule has 0 aliphatic carbocycles. The second-order valence-electron chi connectivity index (χ2n) is 5.36. The summed E-state index contributed by atoms with van der Waals surface area (Å²) in [4.78, 5) is 0. The van der Waals surface area contributed by atoms with Crippen LogP contribution in [0.4, 0.5) is 0 Å². The molecule has 0 fully saturated rings. The lowest BCUT2D eigenvalue weighted by Gasteiger charge is -2.17. The Labute approximate surface area is 106 Å². The molecule has 2 nitrogen and oxygen atoms in total. The van der Waals surface area contributed by atoms with Gasteiger partial charge in [0.25, 0.3) is 0 Å². The van der Waals surface area contributed by atoms with E-state index in [4.69, 9.17) is 5.84 Å². The molecule has 96 valence electrons. The van der Waals surface area contributed by atoms with E-state index < -0.39 is 0 Å². The zero-order valence-corrected chi connectivity index (χ0v) is 11.4. The summed E-state index contributed by atoms with van der Waals surface area (Å²) in [6, 6.07) is 9.17. The molecule has 0 spiro atoms. The van der Waals surface area contributed by atoms with Gasteiger partial charge in [-0.3, -0.25) is 11.3 Å². The second kappa shape index (κ2) is 7.46. The van der Waals surface area contributed by atoms with Gasteiger partial charge in [0.05, 0.1) is 0 Å². The van der Waals surface area contributed by atoms with Gasteiger partial charge in [-0.25, -0.2) is 0 Å². The molecular formula is C15H26N2. The zero-order valence-electron chi connectivity index (χ0n) is 11.4. The maximum absolute atomic E-state index is 5.60. The van der Waals surface area contributed by atoms with Crippen molar-refractivity contribution in [1.82, 2.24) is 5.43 Å². The molecule has 0 aliphatic heterocycles. The molecule has 0 bridgehead atoms. The molecule has 0 heterocycles. The van der Waals surface area contributed by atoms with E-state index in [1.165, 1.54) is 24.0 Å². The second-order valence-corrected chi connectivity index (χ2v) is 5.36. The first-order valence-corrected chi connectivity index (χ1v) is 6.63. The fourth-order valence-corrected chi connectivity index (χ4v) is 2.05. The number of hydrazine groups is 1. The summed E-state index contributed by atoms with van der Waals surface area (Å²) < 4.78 is 0. The van der Waals surface area contributed by atoms with Crippen LogP contribution in [-0.4, -0.2) is 6.04 Å². The smallest absolute Gasteiger partial charge is 0.0213 e. The van der Waals surface area contributed by atoms with Crippen LogP contribution < -0.4 is 11.3 Å². The van der Waals surface area contributed by atoms with Crippen molar-refractivity contribution in [2.24, 2.45) is 11.8 Å². The summed E-state index contributed by atoms with van der Waals surface area (Å²) in [6.45, 7) is 6.66. The molecule has 17 heavy (non-hydrogen) atoms. The molecule has 0 aliphatic rings. The van der Waals surface area contributed by atoms with Gasteiger partial charge in [-0.2, -0.15) is 0 Å². The van der Waals surface area contributed by atoms with Gasteiger partial charge >= 0.3 is 0 Å². The van der Waals surface area contributed by atoms with Crippen molar-refractivity contribution in [2.75, 3.05) is 0 Å². The van der Waals surface area contributed by atoms with Crippen LogP contribution in [0.5, 0.6) is 0 Å². The van der Waals surface area contributed by atoms with Crippen molar-refractivity contribution in [3.05, 3.63) is 35.4 Å². The van der Waals surface area contributed by atoms with E-state index in [1.54, 1.807) is 0 Å². The van der Waals surface area contributed by atoms with E-state index in [2.05, 4.69) is 50.5 Å². The molecule has 1 unspecified atom stereocenters. The minimum atomic E-state index is 0.443. The topological polar surface area (TPSA) is 38.0 Å². The van der Waals surface area contributed by atoms with Crippen LogP contribution in [-0.2, 0) is 6.42 Å². The number of hydrogen-bond donors (Lipinski definition) is 2. The highest BCUT2D eigenvalue weighted by Crippen LogP contribution is 2.12. The average molecular weight is 234 g/mol. The van der Waals surface area contributed by atoms with E-state index in [-0.39, 0.29) is 0 Å². The number of benzene rings is 1. The Hall–Kier alpha value is -0.860. The maximum atomic E-state index is 5.60. The van der Waals surface area contributed by atoms with Crippen LogP contribution in [0, 0.1) is 12.8 Å². The quantitative estimate of drug-likeness (QED) is 0.561. The summed E-state index contributed by atoms with van der Waals surface area (Å²) in [6.07, 6.45) is 4.63. The number of nitrogens with one attached hydrogen (secondary N) is 1. The van der Waals surface area contributed by atoms with Gasteiger partial charge in [0.2, 0.25) is 0 Å². The predicted molar refractivity (Wildman–Crippen MR) is 74.7 cm³/mol. The SMILES string of the molecule is Cc1cccc(CCC(CCC(C)C)NN)c1. The first-order valence-electron chi connectivity index (χ1n) is 6.63. The summed E-state index contributed by atoms with van der Waals surface area (Å²) in [7, 11) is 0. The summed E-state index contributed by atoms with van der Waals surface area (Å²) in [5, 5.41) is 0. The van der Waals surface area contributed by atoms with Crippen LogP contribution in [0.15, 0.2) is 24.3 Å². The lowest BCUT2D eigenvalue weighted by atomic mass is 9.98. The van der Waals surface area contributed by atoms with E-state index in [0.717, 1.165) is 18.8 Å². The standard InChI is InChI=1S/C15H26N2/c1-12(2)7-9-15(17-16)10-8-14-6-4-5-13(3)11-14/h4-6,11-12,15,17H,7-10,16H2,1-3H3. The minimum Gasteiger partial charge on any atom is -0.271 e. The van der Waals surface area contributed by atoms with Gasteiger partial charge in [0.15, 0.2) is 0 Å². The van der Waals surface area contributed by atoms with E-state index in [9.17, 15) is 0 Å². The summed E-state index contributed by atoms with van der Waals surface area (Å²) in [5.74, 6) is 6.36. The van der Waals surface area contributed by atoms with Crippen molar-refractivity contribution >= 4 is 0 Å². The molecule has 1 aromatic rings. The summed E-state index contributed by atoms with van der Waals surface area (Å²) in [5.41, 5.74) is 5.69. The lowest BCUT2D eigenvalue weighted by Crippen LogP contribution is -2.35. The summed E-state index contributed by atoms with van der Waals surface area (Å²) >= 11 is 0. The van der Waals surface area contributed by atoms with Crippen molar-refractivity contribution in [3.8, 4) is 0 Å². The average Bonchev–Trinajstić information content (AvgIpc) is 2.29. The van der Waals surface area contributed by atoms with Crippen molar-refractivity contribution in [3.63, 3.8) is 0 Å². The fraction of sp³-hybridized carbons (Fsp3) is 0.600. The first-order chi connectivity index (χ1) is 8.11. The van der Waals surface area contributed by atoms with Gasteiger partial charge in [-0.1, -0.05) is 43.7 Å². The first kappa shape index (κ1) is 14.2. The molecule has 0 saturated heterocycles. The van der Waals surface area contributed by atoms with E-state index >= 15 is 0 Å². The fourth-order valence-electron chi connectivity index (χ4n) is 2.05. The molecule has 0 saturated carbocycles. The Morgan fingerprint density at radius 3 is 2.53 bits per heavy atom. The van der Waals surface area contributed by atoms with Gasteiger partial charge in [-0.05, 0) is 44.1 Å². The van der Waals surface area contributed by atoms with E-state index in [0.29, 0.717) is 6.04 Å². The predicted octanol–water partition coefficient (Wildman–Crippen LogP) is 3.20. The number of nitrogens with two attached hydrogens (primary N) is 1. The highest BCUT2D eigenvalue weighted by Gasteiger charge is 2.07. The van der Waals surface area contributed by atoms with E-state index in [1.807, 2.05) is 0 Å². The lowest BCUT2D eigenvalue weighted by molar-refractivity contribution is 0.416. The minimum absolute atomic E-state index is 0.443. The maximum Gasteiger partial charge on any atom is 0.0213 e. The highest BCUT2D eigenvalue weighted by atomic mass is 15.2. The normalized spacial score (nSPS) is 13.0. The third kappa shape index (κ3) is 5.85. The molecule has 1 rings (SSSR count). The number of rotatable bonds is 7. The van der Waals surface area contributed by atoms with Crippen molar-refractivity contribution in [2.45, 2.75) is 52.5 Å². The Morgan fingerprint density at radius 1 is 1.18 bits per heavy atom. The molecule has 2 heteroatoms. The van der Waals surface area contributed by atoms with Crippen LogP contribution >= 0.6 is 0 Å². The van der Waals surface area contributed by atoms with Crippen LogP contribution in [0.1, 0.15) is 44.2 Å². The molecule has 3 N–H and O–H groups in total. The molecule has 0 amide bonds. The van der Waals surface area contributed by atoms with Gasteiger partial charge in [-0.15, -0.1) is 0 Å². The molecule has 0 aromatic heterocycles. The monoisotopic (exact) mass is 234 g/mol. The Kier molecular flexibility index (Phi) is 6.23. The Bertz CT molecular complexity index is 320. The van der Waals surface area contributed by atoms with Crippen molar-refractivity contribution in [1.29, 1.82) is 0 Å². The Balaban J connectivity index is 2.37. The van der Waals surface area contributed by atoms with Crippen LogP contribution in [0.3, 0.4) is 0 Å². The molecule has 1 atom stereocenters. The Morgan fingerprint density at radius 2 is 1.94 bits per heavy atom. The van der Waals surface area contributed by atoms with Gasteiger partial charge in [0, 0.05) is 6.04 Å². The highest BCUT2D eigenvalue weighted by molar-refractivity contribution is 5.22. The largest absolute Gasteiger partial charge is 0.271 e. The van der Waals surface area contributed by atoms with Gasteiger partial charge in [0.1, 0.15) is 0 Å².